The molecule has 2 aliphatic heterocycles. The van der Waals surface area contributed by atoms with Gasteiger partial charge in [-0.25, -0.2) is 4.98 Å². The van der Waals surface area contributed by atoms with E-state index < -0.39 is 5.97 Å². The zero-order valence-electron chi connectivity index (χ0n) is 11.4. The molecule has 7 heteroatoms. The molecule has 2 aliphatic rings. The summed E-state index contributed by atoms with van der Waals surface area (Å²) < 4.78 is 5.35. The van der Waals surface area contributed by atoms with Gasteiger partial charge in [0.2, 0.25) is 0 Å². The number of aromatic nitrogens is 1. The molecule has 0 spiro atoms. The van der Waals surface area contributed by atoms with Crippen LogP contribution in [0.5, 0.6) is 0 Å². The summed E-state index contributed by atoms with van der Waals surface area (Å²) in [7, 11) is 0. The van der Waals surface area contributed by atoms with Gasteiger partial charge in [0, 0.05) is 37.5 Å². The van der Waals surface area contributed by atoms with Crippen molar-refractivity contribution >= 4 is 17.3 Å². The standard InChI is InChI=1S/C13H19N3O3S/c17-13(18)9-16-2-1-10-11(7-16)20-12(14-10)8-15-3-5-19-6-4-15/h1-9H2,(H,17,18). The van der Waals surface area contributed by atoms with Crippen molar-refractivity contribution in [2.75, 3.05) is 39.4 Å². The first-order chi connectivity index (χ1) is 9.70. The predicted octanol–water partition coefficient (Wildman–Crippen LogP) is 0.418. The Labute approximate surface area is 122 Å². The Balaban J connectivity index is 1.62. The molecule has 0 saturated carbocycles. The Morgan fingerprint density at radius 1 is 1.30 bits per heavy atom. The van der Waals surface area contributed by atoms with E-state index >= 15 is 0 Å². The van der Waals surface area contributed by atoms with Crippen LogP contribution in [0.2, 0.25) is 0 Å². The van der Waals surface area contributed by atoms with Crippen LogP contribution < -0.4 is 0 Å². The molecule has 0 atom stereocenters. The van der Waals surface area contributed by atoms with Gasteiger partial charge in [-0.05, 0) is 0 Å². The molecule has 0 bridgehead atoms. The number of carbonyl (C=O) groups is 1. The molecule has 0 aromatic carbocycles. The van der Waals surface area contributed by atoms with E-state index in [4.69, 9.17) is 14.8 Å². The lowest BCUT2D eigenvalue weighted by atomic mass is 10.2. The van der Waals surface area contributed by atoms with Gasteiger partial charge < -0.3 is 9.84 Å². The second-order valence-electron chi connectivity index (χ2n) is 5.22. The van der Waals surface area contributed by atoms with E-state index in [1.165, 1.54) is 10.6 Å². The first kappa shape index (κ1) is 13.9. The molecule has 110 valence electrons. The topological polar surface area (TPSA) is 65.9 Å². The van der Waals surface area contributed by atoms with E-state index in [2.05, 4.69) is 4.90 Å². The Hall–Kier alpha value is -1.02. The molecule has 3 rings (SSSR count). The van der Waals surface area contributed by atoms with Gasteiger partial charge in [0.1, 0.15) is 5.01 Å². The predicted molar refractivity (Wildman–Crippen MR) is 74.8 cm³/mol. The highest BCUT2D eigenvalue weighted by Crippen LogP contribution is 2.26. The number of thiazole rings is 1. The smallest absolute Gasteiger partial charge is 0.317 e. The fraction of sp³-hybridized carbons (Fsp3) is 0.692. The van der Waals surface area contributed by atoms with Crippen LogP contribution in [-0.4, -0.2) is 65.3 Å². The van der Waals surface area contributed by atoms with Crippen LogP contribution in [0.1, 0.15) is 15.6 Å². The van der Waals surface area contributed by atoms with Crippen molar-refractivity contribution in [1.82, 2.24) is 14.8 Å². The van der Waals surface area contributed by atoms with Gasteiger partial charge in [0.15, 0.2) is 0 Å². The van der Waals surface area contributed by atoms with E-state index in [-0.39, 0.29) is 6.54 Å². The monoisotopic (exact) mass is 297 g/mol. The summed E-state index contributed by atoms with van der Waals surface area (Å²) in [5.74, 6) is -0.758. The van der Waals surface area contributed by atoms with Crippen molar-refractivity contribution in [3.05, 3.63) is 15.6 Å². The van der Waals surface area contributed by atoms with Crippen molar-refractivity contribution in [3.8, 4) is 0 Å². The maximum absolute atomic E-state index is 10.8. The molecule has 0 amide bonds. The van der Waals surface area contributed by atoms with Crippen LogP contribution in [0.3, 0.4) is 0 Å². The minimum absolute atomic E-state index is 0.121. The largest absolute Gasteiger partial charge is 0.480 e. The number of rotatable bonds is 4. The van der Waals surface area contributed by atoms with E-state index in [9.17, 15) is 4.79 Å². The molecule has 1 saturated heterocycles. The van der Waals surface area contributed by atoms with Crippen LogP contribution in [0.15, 0.2) is 0 Å². The molecule has 1 N–H and O–H groups in total. The molecule has 1 aromatic heterocycles. The number of fused-ring (bicyclic) bond motifs is 1. The molecule has 0 radical (unpaired) electrons. The number of hydrogen-bond donors (Lipinski definition) is 1. The Morgan fingerprint density at radius 2 is 2.10 bits per heavy atom. The number of carboxylic acid groups (broad SMARTS) is 1. The van der Waals surface area contributed by atoms with Crippen molar-refractivity contribution < 1.29 is 14.6 Å². The number of nitrogens with zero attached hydrogens (tertiary/aromatic N) is 3. The van der Waals surface area contributed by atoms with Gasteiger partial charge in [-0.3, -0.25) is 14.6 Å². The van der Waals surface area contributed by atoms with Gasteiger partial charge >= 0.3 is 5.97 Å². The fourth-order valence-corrected chi connectivity index (χ4v) is 3.85. The van der Waals surface area contributed by atoms with E-state index in [0.717, 1.165) is 57.4 Å². The summed E-state index contributed by atoms with van der Waals surface area (Å²) in [4.78, 5) is 21.1. The molecule has 3 heterocycles. The van der Waals surface area contributed by atoms with Crippen molar-refractivity contribution in [2.45, 2.75) is 19.5 Å². The summed E-state index contributed by atoms with van der Waals surface area (Å²) in [6.07, 6.45) is 0.863. The fourth-order valence-electron chi connectivity index (χ4n) is 2.65. The lowest BCUT2D eigenvalue weighted by Crippen LogP contribution is -2.35. The average molecular weight is 297 g/mol. The molecular weight excluding hydrogens is 278 g/mol. The molecular formula is C13H19N3O3S. The van der Waals surface area contributed by atoms with Crippen LogP contribution in [0.4, 0.5) is 0 Å². The molecule has 0 unspecified atom stereocenters. The third-order valence-corrected chi connectivity index (χ3v) is 4.74. The van der Waals surface area contributed by atoms with E-state index in [1.807, 2.05) is 4.90 Å². The number of hydrogen-bond acceptors (Lipinski definition) is 6. The number of ether oxygens (including phenoxy) is 1. The zero-order valence-corrected chi connectivity index (χ0v) is 12.2. The molecule has 1 fully saturated rings. The third-order valence-electron chi connectivity index (χ3n) is 3.68. The van der Waals surface area contributed by atoms with E-state index in [0.29, 0.717) is 0 Å². The molecule has 1 aromatic rings. The molecule has 6 nitrogen and oxygen atoms in total. The lowest BCUT2D eigenvalue weighted by Gasteiger charge is -2.25. The van der Waals surface area contributed by atoms with Crippen LogP contribution in [-0.2, 0) is 29.0 Å². The summed E-state index contributed by atoms with van der Waals surface area (Å²) in [6, 6.07) is 0. The first-order valence-corrected chi connectivity index (χ1v) is 7.74. The van der Waals surface area contributed by atoms with Crippen LogP contribution in [0.25, 0.3) is 0 Å². The molecule has 20 heavy (non-hydrogen) atoms. The minimum Gasteiger partial charge on any atom is -0.480 e. The van der Waals surface area contributed by atoms with Crippen molar-refractivity contribution in [3.63, 3.8) is 0 Å². The number of aliphatic carboxylic acids is 1. The van der Waals surface area contributed by atoms with Crippen LogP contribution in [0, 0.1) is 0 Å². The van der Waals surface area contributed by atoms with Crippen LogP contribution >= 0.6 is 11.3 Å². The van der Waals surface area contributed by atoms with Gasteiger partial charge in [-0.15, -0.1) is 11.3 Å². The van der Waals surface area contributed by atoms with Gasteiger partial charge in [-0.1, -0.05) is 0 Å². The summed E-state index contributed by atoms with van der Waals surface area (Å²) in [6.45, 7) is 6.07. The highest BCUT2D eigenvalue weighted by molar-refractivity contribution is 7.11. The molecule has 0 aliphatic carbocycles. The normalized spacial score (nSPS) is 20.8. The van der Waals surface area contributed by atoms with Gasteiger partial charge in [-0.2, -0.15) is 0 Å². The third kappa shape index (κ3) is 3.35. The Morgan fingerprint density at radius 3 is 2.85 bits per heavy atom. The number of morpholine rings is 1. The lowest BCUT2D eigenvalue weighted by molar-refractivity contribution is -0.138. The maximum atomic E-state index is 10.8. The Kier molecular flexibility index (Phi) is 4.30. The highest BCUT2D eigenvalue weighted by Gasteiger charge is 2.23. The quantitative estimate of drug-likeness (QED) is 0.869. The zero-order chi connectivity index (χ0) is 13.9. The van der Waals surface area contributed by atoms with Gasteiger partial charge in [0.25, 0.3) is 0 Å². The van der Waals surface area contributed by atoms with Crippen molar-refractivity contribution in [2.24, 2.45) is 0 Å². The van der Waals surface area contributed by atoms with Crippen molar-refractivity contribution in [1.29, 1.82) is 0 Å². The second kappa shape index (κ2) is 6.17. The second-order valence-corrected chi connectivity index (χ2v) is 6.39. The minimum atomic E-state index is -0.758. The average Bonchev–Trinajstić information content (AvgIpc) is 2.80. The number of carboxylic acids is 1. The Bertz CT molecular complexity index is 485. The first-order valence-electron chi connectivity index (χ1n) is 6.92. The maximum Gasteiger partial charge on any atom is 0.317 e. The summed E-state index contributed by atoms with van der Waals surface area (Å²) in [5, 5.41) is 10.0. The van der Waals surface area contributed by atoms with E-state index in [1.54, 1.807) is 11.3 Å². The highest BCUT2D eigenvalue weighted by atomic mass is 32.1. The summed E-state index contributed by atoms with van der Waals surface area (Å²) in [5.41, 5.74) is 1.17. The SMILES string of the molecule is O=C(O)CN1CCc2nc(CN3CCOCC3)sc2C1. The summed E-state index contributed by atoms with van der Waals surface area (Å²) >= 11 is 1.73. The van der Waals surface area contributed by atoms with Gasteiger partial charge in [0.05, 0.1) is 32.0 Å².